The molecule has 0 spiro atoms. The van der Waals surface area contributed by atoms with Crippen LogP contribution in [0.4, 0.5) is 16.0 Å². The van der Waals surface area contributed by atoms with Gasteiger partial charge in [0.05, 0.1) is 6.61 Å². The second-order valence-corrected chi connectivity index (χ2v) is 5.34. The number of H-pyrrole nitrogens is 1. The normalized spacial score (nSPS) is 10.5. The first-order valence-electron chi connectivity index (χ1n) is 7.84. The quantitative estimate of drug-likeness (QED) is 0.721. The molecule has 3 aromatic rings. The molecule has 2 N–H and O–H groups in total. The summed E-state index contributed by atoms with van der Waals surface area (Å²) in [6.45, 7) is 2.53. The molecule has 128 valence electrons. The van der Waals surface area contributed by atoms with Gasteiger partial charge in [-0.15, -0.1) is 10.2 Å². The summed E-state index contributed by atoms with van der Waals surface area (Å²) < 4.78 is 18.3. The molecule has 0 radical (unpaired) electrons. The minimum absolute atomic E-state index is 0.201. The topological polar surface area (TPSA) is 79.9 Å². The van der Waals surface area contributed by atoms with Crippen molar-refractivity contribution in [2.75, 3.05) is 11.9 Å². The van der Waals surface area contributed by atoms with Gasteiger partial charge in [-0.3, -0.25) is 9.78 Å². The molecule has 0 atom stereocenters. The Labute approximate surface area is 143 Å². The number of nitrogens with zero attached hydrogens (tertiary/aromatic N) is 2. The largest absolute Gasteiger partial charge is 0.494 e. The first-order chi connectivity index (χ1) is 12.1. The molecule has 0 aliphatic rings. The molecule has 7 heteroatoms. The third-order valence-electron chi connectivity index (χ3n) is 3.48. The highest BCUT2D eigenvalue weighted by Crippen LogP contribution is 2.14. The zero-order chi connectivity index (χ0) is 17.6. The predicted molar refractivity (Wildman–Crippen MR) is 92.8 cm³/mol. The van der Waals surface area contributed by atoms with E-state index in [-0.39, 0.29) is 17.3 Å². The van der Waals surface area contributed by atoms with Crippen molar-refractivity contribution < 1.29 is 9.13 Å². The van der Waals surface area contributed by atoms with Gasteiger partial charge in [0.15, 0.2) is 0 Å². The fourth-order valence-electron chi connectivity index (χ4n) is 2.27. The van der Waals surface area contributed by atoms with Crippen LogP contribution in [0, 0.1) is 5.82 Å². The number of anilines is 2. The predicted octanol–water partition coefficient (Wildman–Crippen LogP) is 3.04. The van der Waals surface area contributed by atoms with Crippen LogP contribution in [0.3, 0.4) is 0 Å². The number of aromatic nitrogens is 3. The van der Waals surface area contributed by atoms with E-state index in [2.05, 4.69) is 20.5 Å². The third kappa shape index (κ3) is 4.41. The highest BCUT2D eigenvalue weighted by molar-refractivity contribution is 5.52. The number of ether oxygens (including phenoxy) is 1. The molecule has 25 heavy (non-hydrogen) atoms. The van der Waals surface area contributed by atoms with Crippen molar-refractivity contribution in [1.29, 1.82) is 0 Å². The average Bonchev–Trinajstić information content (AvgIpc) is 2.61. The summed E-state index contributed by atoms with van der Waals surface area (Å²) in [6.07, 6.45) is 0.367. The fourth-order valence-corrected chi connectivity index (χ4v) is 2.27. The van der Waals surface area contributed by atoms with Gasteiger partial charge in [0, 0.05) is 12.1 Å². The maximum absolute atomic E-state index is 12.9. The number of hydrogen-bond donors (Lipinski definition) is 2. The lowest BCUT2D eigenvalue weighted by Gasteiger charge is -2.06. The summed E-state index contributed by atoms with van der Waals surface area (Å²) in [7, 11) is 0. The Kier molecular flexibility index (Phi) is 5.03. The van der Waals surface area contributed by atoms with Gasteiger partial charge in [-0.25, -0.2) is 4.39 Å². The second-order valence-electron chi connectivity index (χ2n) is 5.34. The Morgan fingerprint density at radius 1 is 1.08 bits per heavy atom. The molecule has 0 aliphatic heterocycles. The molecule has 0 unspecified atom stereocenters. The number of hydrogen-bond acceptors (Lipinski definition) is 5. The number of benzene rings is 2. The molecule has 0 amide bonds. The van der Waals surface area contributed by atoms with Gasteiger partial charge in [0.1, 0.15) is 17.3 Å². The SMILES string of the molecule is CCOc1ccc(Cc2nnc(Nc3ccc(F)cc3)[nH]c2=O)cc1. The number of nitrogens with one attached hydrogen (secondary N) is 2. The molecule has 0 aliphatic carbocycles. The van der Waals surface area contributed by atoms with E-state index in [0.717, 1.165) is 11.3 Å². The molecular formula is C18H17FN4O2. The lowest BCUT2D eigenvalue weighted by Crippen LogP contribution is -2.18. The van der Waals surface area contributed by atoms with E-state index in [4.69, 9.17) is 4.74 Å². The first-order valence-corrected chi connectivity index (χ1v) is 7.84. The zero-order valence-corrected chi connectivity index (χ0v) is 13.6. The molecular weight excluding hydrogens is 323 g/mol. The van der Waals surface area contributed by atoms with Crippen molar-refractivity contribution in [3.8, 4) is 5.75 Å². The van der Waals surface area contributed by atoms with Crippen molar-refractivity contribution in [2.45, 2.75) is 13.3 Å². The Balaban J connectivity index is 1.71. The van der Waals surface area contributed by atoms with Crippen molar-refractivity contribution in [1.82, 2.24) is 15.2 Å². The van der Waals surface area contributed by atoms with Gasteiger partial charge in [0.25, 0.3) is 5.56 Å². The van der Waals surface area contributed by atoms with Gasteiger partial charge in [0.2, 0.25) is 5.95 Å². The molecule has 3 rings (SSSR count). The number of rotatable bonds is 6. The summed E-state index contributed by atoms with van der Waals surface area (Å²) in [4.78, 5) is 14.8. The monoisotopic (exact) mass is 340 g/mol. The molecule has 1 aromatic heterocycles. The van der Waals surface area contributed by atoms with Crippen LogP contribution in [0.2, 0.25) is 0 Å². The third-order valence-corrected chi connectivity index (χ3v) is 3.48. The zero-order valence-electron chi connectivity index (χ0n) is 13.6. The van der Waals surface area contributed by atoms with Gasteiger partial charge >= 0.3 is 0 Å². The number of aromatic amines is 1. The Bertz CT molecular complexity index is 892. The Morgan fingerprint density at radius 2 is 1.80 bits per heavy atom. The fraction of sp³-hybridized carbons (Fsp3) is 0.167. The van der Waals surface area contributed by atoms with E-state index < -0.39 is 0 Å². The summed E-state index contributed by atoms with van der Waals surface area (Å²) in [5, 5.41) is 10.8. The highest BCUT2D eigenvalue weighted by Gasteiger charge is 2.07. The summed E-state index contributed by atoms with van der Waals surface area (Å²) in [5.74, 6) is 0.646. The minimum atomic E-state index is -0.337. The highest BCUT2D eigenvalue weighted by atomic mass is 19.1. The van der Waals surface area contributed by atoms with E-state index >= 15 is 0 Å². The van der Waals surface area contributed by atoms with Crippen LogP contribution >= 0.6 is 0 Å². The van der Waals surface area contributed by atoms with Crippen LogP contribution in [-0.4, -0.2) is 21.8 Å². The van der Waals surface area contributed by atoms with Gasteiger partial charge in [-0.1, -0.05) is 12.1 Å². The van der Waals surface area contributed by atoms with Gasteiger partial charge in [-0.2, -0.15) is 0 Å². The molecule has 2 aromatic carbocycles. The number of halogens is 1. The van der Waals surface area contributed by atoms with Crippen LogP contribution in [0.5, 0.6) is 5.75 Å². The van der Waals surface area contributed by atoms with E-state index in [1.807, 2.05) is 31.2 Å². The standard InChI is InChI=1S/C18H17FN4O2/c1-2-25-15-9-3-12(4-10-15)11-16-17(24)21-18(23-22-16)20-14-7-5-13(19)6-8-14/h3-10H,2,11H2,1H3,(H2,20,21,23,24). The van der Waals surface area contributed by atoms with Crippen molar-refractivity contribution >= 4 is 11.6 Å². The van der Waals surface area contributed by atoms with E-state index in [1.54, 1.807) is 12.1 Å². The molecule has 1 heterocycles. The lowest BCUT2D eigenvalue weighted by atomic mass is 10.1. The van der Waals surface area contributed by atoms with Crippen LogP contribution in [0.25, 0.3) is 0 Å². The van der Waals surface area contributed by atoms with E-state index in [0.29, 0.717) is 24.4 Å². The van der Waals surface area contributed by atoms with Gasteiger partial charge < -0.3 is 10.1 Å². The van der Waals surface area contributed by atoms with Crippen molar-refractivity contribution in [3.05, 3.63) is 76.0 Å². The van der Waals surface area contributed by atoms with E-state index in [1.165, 1.54) is 12.1 Å². The maximum Gasteiger partial charge on any atom is 0.274 e. The van der Waals surface area contributed by atoms with Crippen LogP contribution in [0.1, 0.15) is 18.2 Å². The summed E-state index contributed by atoms with van der Waals surface area (Å²) in [5.41, 5.74) is 1.52. The minimum Gasteiger partial charge on any atom is -0.494 e. The lowest BCUT2D eigenvalue weighted by molar-refractivity contribution is 0.340. The van der Waals surface area contributed by atoms with Crippen molar-refractivity contribution in [2.24, 2.45) is 0 Å². The average molecular weight is 340 g/mol. The smallest absolute Gasteiger partial charge is 0.274 e. The molecule has 0 bridgehead atoms. The van der Waals surface area contributed by atoms with Crippen LogP contribution in [0.15, 0.2) is 53.3 Å². The maximum atomic E-state index is 12.9. The molecule has 6 nitrogen and oxygen atoms in total. The Morgan fingerprint density at radius 3 is 2.44 bits per heavy atom. The summed E-state index contributed by atoms with van der Waals surface area (Å²) >= 11 is 0. The molecule has 0 saturated carbocycles. The van der Waals surface area contributed by atoms with Crippen LogP contribution < -0.4 is 15.6 Å². The first kappa shape index (κ1) is 16.6. The van der Waals surface area contributed by atoms with Gasteiger partial charge in [-0.05, 0) is 48.9 Å². The summed E-state index contributed by atoms with van der Waals surface area (Å²) in [6, 6.07) is 13.2. The second kappa shape index (κ2) is 7.57. The van der Waals surface area contributed by atoms with Crippen molar-refractivity contribution in [3.63, 3.8) is 0 Å². The van der Waals surface area contributed by atoms with Crippen LogP contribution in [-0.2, 0) is 6.42 Å². The van der Waals surface area contributed by atoms with E-state index in [9.17, 15) is 9.18 Å². The molecule has 0 saturated heterocycles. The Hall–Kier alpha value is -3.22. The molecule has 0 fully saturated rings.